The van der Waals surface area contributed by atoms with Crippen molar-refractivity contribution < 1.29 is 9.53 Å². The molecule has 1 aliphatic rings. The zero-order valence-corrected chi connectivity index (χ0v) is 7.74. The Balaban J connectivity index is 1.93. The summed E-state index contributed by atoms with van der Waals surface area (Å²) in [6.45, 7) is 3.56. The number of hydrogen-bond donors (Lipinski definition) is 2. The van der Waals surface area contributed by atoms with E-state index in [4.69, 9.17) is 16.2 Å². The van der Waals surface area contributed by atoms with Crippen LogP contribution in [0.25, 0.3) is 0 Å². The highest BCUT2D eigenvalue weighted by molar-refractivity contribution is 5.72. The van der Waals surface area contributed by atoms with Gasteiger partial charge in [-0.05, 0) is 13.0 Å². The number of carbonyl (C=O) groups is 1. The van der Waals surface area contributed by atoms with Crippen molar-refractivity contribution in [1.82, 2.24) is 4.90 Å². The average Bonchev–Trinajstić information content (AvgIpc) is 2.00. The number of primary amides is 1. The zero-order valence-electron chi connectivity index (χ0n) is 7.74. The molecule has 4 N–H and O–H groups in total. The number of ether oxygens (including phenoxy) is 1. The van der Waals surface area contributed by atoms with Gasteiger partial charge in [0.2, 0.25) is 0 Å². The van der Waals surface area contributed by atoms with E-state index < -0.39 is 0 Å². The van der Waals surface area contributed by atoms with Crippen molar-refractivity contribution in [2.24, 2.45) is 17.4 Å². The van der Waals surface area contributed by atoms with E-state index >= 15 is 0 Å². The van der Waals surface area contributed by atoms with Crippen molar-refractivity contribution in [2.45, 2.75) is 6.42 Å². The Hall–Kier alpha value is -0.810. The Labute approximate surface area is 78.0 Å². The third-order valence-electron chi connectivity index (χ3n) is 2.12. The van der Waals surface area contributed by atoms with Crippen molar-refractivity contribution in [1.29, 1.82) is 0 Å². The van der Waals surface area contributed by atoms with E-state index in [2.05, 4.69) is 0 Å². The molecule has 1 saturated heterocycles. The standard InChI is InChI=1S/C8H17N3O2/c9-2-1-3-13-6-7-4-11(5-7)8(10)12/h7H,1-6,9H2,(H2,10,12). The van der Waals surface area contributed by atoms with Gasteiger partial charge in [-0.15, -0.1) is 0 Å². The third kappa shape index (κ3) is 3.20. The van der Waals surface area contributed by atoms with Gasteiger partial charge in [0.1, 0.15) is 0 Å². The molecule has 0 saturated carbocycles. The van der Waals surface area contributed by atoms with Gasteiger partial charge in [-0.25, -0.2) is 4.79 Å². The summed E-state index contributed by atoms with van der Waals surface area (Å²) in [7, 11) is 0. The maximum absolute atomic E-state index is 10.6. The second-order valence-corrected chi connectivity index (χ2v) is 3.33. The second kappa shape index (κ2) is 5.04. The Morgan fingerprint density at radius 3 is 2.77 bits per heavy atom. The first kappa shape index (κ1) is 10.3. The van der Waals surface area contributed by atoms with Crippen molar-refractivity contribution in [3.05, 3.63) is 0 Å². The molecule has 13 heavy (non-hydrogen) atoms. The molecule has 1 fully saturated rings. The van der Waals surface area contributed by atoms with Gasteiger partial charge in [-0.2, -0.15) is 0 Å². The van der Waals surface area contributed by atoms with Gasteiger partial charge in [0.25, 0.3) is 0 Å². The molecule has 1 rings (SSSR count). The van der Waals surface area contributed by atoms with Gasteiger partial charge in [-0.1, -0.05) is 0 Å². The first-order valence-electron chi connectivity index (χ1n) is 4.56. The van der Waals surface area contributed by atoms with Gasteiger partial charge in [-0.3, -0.25) is 0 Å². The highest BCUT2D eigenvalue weighted by Crippen LogP contribution is 2.14. The Bertz CT molecular complexity index is 169. The number of likely N-dealkylation sites (tertiary alicyclic amines) is 1. The van der Waals surface area contributed by atoms with E-state index in [0.717, 1.165) is 19.5 Å². The minimum Gasteiger partial charge on any atom is -0.381 e. The zero-order chi connectivity index (χ0) is 9.68. The van der Waals surface area contributed by atoms with E-state index in [1.54, 1.807) is 4.90 Å². The summed E-state index contributed by atoms with van der Waals surface area (Å²) in [6, 6.07) is -0.335. The number of nitrogens with zero attached hydrogens (tertiary/aromatic N) is 1. The molecule has 0 unspecified atom stereocenters. The summed E-state index contributed by atoms with van der Waals surface area (Å²) < 4.78 is 5.35. The number of nitrogens with two attached hydrogens (primary N) is 2. The summed E-state index contributed by atoms with van der Waals surface area (Å²) in [6.07, 6.45) is 0.895. The molecule has 0 aromatic rings. The fourth-order valence-electron chi connectivity index (χ4n) is 1.29. The maximum Gasteiger partial charge on any atom is 0.314 e. The quantitative estimate of drug-likeness (QED) is 0.562. The summed E-state index contributed by atoms with van der Waals surface area (Å²) in [5, 5.41) is 0. The normalized spacial score (nSPS) is 17.2. The maximum atomic E-state index is 10.6. The second-order valence-electron chi connectivity index (χ2n) is 3.33. The summed E-state index contributed by atoms with van der Waals surface area (Å²) in [5.74, 6) is 0.463. The summed E-state index contributed by atoms with van der Waals surface area (Å²) in [4.78, 5) is 12.2. The highest BCUT2D eigenvalue weighted by Gasteiger charge is 2.28. The predicted molar refractivity (Wildman–Crippen MR) is 49.1 cm³/mol. The van der Waals surface area contributed by atoms with E-state index in [-0.39, 0.29) is 6.03 Å². The van der Waals surface area contributed by atoms with Crippen LogP contribution in [0.4, 0.5) is 4.79 Å². The van der Waals surface area contributed by atoms with Crippen LogP contribution in [0.1, 0.15) is 6.42 Å². The van der Waals surface area contributed by atoms with Gasteiger partial charge in [0.15, 0.2) is 0 Å². The van der Waals surface area contributed by atoms with Crippen LogP contribution in [-0.2, 0) is 4.74 Å². The first-order chi connectivity index (χ1) is 6.24. The fraction of sp³-hybridized carbons (Fsp3) is 0.875. The molecule has 2 amide bonds. The predicted octanol–water partition coefficient (Wildman–Crippen LogP) is -0.638. The monoisotopic (exact) mass is 187 g/mol. The van der Waals surface area contributed by atoms with Crippen molar-refractivity contribution in [2.75, 3.05) is 32.8 Å². The number of rotatable bonds is 5. The summed E-state index contributed by atoms with van der Waals surface area (Å²) in [5.41, 5.74) is 10.4. The number of carbonyl (C=O) groups excluding carboxylic acids is 1. The molecular weight excluding hydrogens is 170 g/mol. The number of hydrogen-bond acceptors (Lipinski definition) is 3. The fourth-order valence-corrected chi connectivity index (χ4v) is 1.29. The Morgan fingerprint density at radius 2 is 2.23 bits per heavy atom. The minimum absolute atomic E-state index is 0.335. The van der Waals surface area contributed by atoms with Crippen LogP contribution in [-0.4, -0.2) is 43.8 Å². The molecule has 5 nitrogen and oxygen atoms in total. The van der Waals surface area contributed by atoms with Crippen LogP contribution in [0.3, 0.4) is 0 Å². The molecule has 1 heterocycles. The SMILES string of the molecule is NCCCOCC1CN(C(N)=O)C1. The van der Waals surface area contributed by atoms with Gasteiger partial charge >= 0.3 is 6.03 Å². The van der Waals surface area contributed by atoms with E-state index in [9.17, 15) is 4.79 Å². The van der Waals surface area contributed by atoms with Gasteiger partial charge in [0, 0.05) is 25.6 Å². The van der Waals surface area contributed by atoms with Crippen LogP contribution >= 0.6 is 0 Å². The lowest BCUT2D eigenvalue weighted by atomic mass is 10.0. The molecule has 0 atom stereocenters. The van der Waals surface area contributed by atoms with Crippen LogP contribution < -0.4 is 11.5 Å². The molecule has 5 heteroatoms. The van der Waals surface area contributed by atoms with E-state index in [0.29, 0.717) is 25.7 Å². The number of urea groups is 1. The largest absolute Gasteiger partial charge is 0.381 e. The smallest absolute Gasteiger partial charge is 0.314 e. The van der Waals surface area contributed by atoms with E-state index in [1.165, 1.54) is 0 Å². The molecule has 0 radical (unpaired) electrons. The molecular formula is C8H17N3O2. The van der Waals surface area contributed by atoms with Crippen molar-refractivity contribution >= 4 is 6.03 Å². The van der Waals surface area contributed by atoms with Crippen LogP contribution in [0.2, 0.25) is 0 Å². The van der Waals surface area contributed by atoms with Crippen LogP contribution in [0, 0.1) is 5.92 Å². The van der Waals surface area contributed by atoms with Crippen LogP contribution in [0.5, 0.6) is 0 Å². The van der Waals surface area contributed by atoms with E-state index in [1.807, 2.05) is 0 Å². The van der Waals surface area contributed by atoms with Gasteiger partial charge in [0.05, 0.1) is 6.61 Å². The lowest BCUT2D eigenvalue weighted by Gasteiger charge is -2.37. The molecule has 0 aromatic carbocycles. The Morgan fingerprint density at radius 1 is 1.54 bits per heavy atom. The molecule has 0 aliphatic carbocycles. The summed E-state index contributed by atoms with van der Waals surface area (Å²) >= 11 is 0. The molecule has 0 aromatic heterocycles. The third-order valence-corrected chi connectivity index (χ3v) is 2.12. The van der Waals surface area contributed by atoms with Crippen molar-refractivity contribution in [3.63, 3.8) is 0 Å². The topological polar surface area (TPSA) is 81.6 Å². The van der Waals surface area contributed by atoms with Crippen molar-refractivity contribution in [3.8, 4) is 0 Å². The minimum atomic E-state index is -0.335. The average molecular weight is 187 g/mol. The lowest BCUT2D eigenvalue weighted by molar-refractivity contribution is 0.0344. The molecule has 1 aliphatic heterocycles. The first-order valence-corrected chi connectivity index (χ1v) is 4.56. The lowest BCUT2D eigenvalue weighted by Crippen LogP contribution is -2.53. The highest BCUT2D eigenvalue weighted by atomic mass is 16.5. The van der Waals surface area contributed by atoms with Crippen LogP contribution in [0.15, 0.2) is 0 Å². The molecule has 0 spiro atoms. The Kier molecular flexibility index (Phi) is 3.98. The molecule has 0 bridgehead atoms. The number of amides is 2. The molecule has 76 valence electrons. The van der Waals surface area contributed by atoms with Gasteiger partial charge < -0.3 is 21.1 Å².